The van der Waals surface area contributed by atoms with Gasteiger partial charge in [-0.2, -0.15) is 0 Å². The van der Waals surface area contributed by atoms with Crippen LogP contribution in [0.5, 0.6) is 5.75 Å². The lowest BCUT2D eigenvalue weighted by Gasteiger charge is -2.29. The molecule has 134 valence electrons. The monoisotopic (exact) mass is 365 g/mol. The minimum absolute atomic E-state index is 0.327. The fourth-order valence-corrected chi connectivity index (χ4v) is 2.96. The zero-order valence-electron chi connectivity index (χ0n) is 14.5. The van der Waals surface area contributed by atoms with Crippen molar-refractivity contribution in [1.82, 2.24) is 4.90 Å². The van der Waals surface area contributed by atoms with Crippen LogP contribution in [-0.2, 0) is 19.1 Å². The number of esters is 2. The van der Waals surface area contributed by atoms with Crippen molar-refractivity contribution in [2.75, 3.05) is 27.9 Å². The Morgan fingerprint density at radius 2 is 1.64 bits per heavy atom. The van der Waals surface area contributed by atoms with Crippen LogP contribution in [0.1, 0.15) is 18.4 Å². The standard InChI is InChI=1S/C18H20ClNO5/c1-5-20-9-12(17(21)24-3)16(13(10-20)18(22)25-4)11-6-7-15(23-2)14(19)8-11/h6-10,16H,5H2,1-4H3. The van der Waals surface area contributed by atoms with Gasteiger partial charge in [-0.25, -0.2) is 9.59 Å². The zero-order valence-corrected chi connectivity index (χ0v) is 15.3. The van der Waals surface area contributed by atoms with Crippen molar-refractivity contribution in [2.24, 2.45) is 0 Å². The topological polar surface area (TPSA) is 65.1 Å². The molecule has 1 aromatic rings. The number of ether oxygens (including phenoxy) is 3. The average Bonchev–Trinajstić information content (AvgIpc) is 2.65. The van der Waals surface area contributed by atoms with Gasteiger partial charge < -0.3 is 19.1 Å². The summed E-state index contributed by atoms with van der Waals surface area (Å²) < 4.78 is 15.0. The molecule has 2 rings (SSSR count). The van der Waals surface area contributed by atoms with Gasteiger partial charge >= 0.3 is 11.9 Å². The van der Waals surface area contributed by atoms with Crippen LogP contribution in [0.15, 0.2) is 41.7 Å². The third-order valence-electron chi connectivity index (χ3n) is 3.95. The lowest BCUT2D eigenvalue weighted by molar-refractivity contribution is -0.137. The van der Waals surface area contributed by atoms with Crippen LogP contribution in [0.3, 0.4) is 0 Å². The second-order valence-electron chi connectivity index (χ2n) is 5.31. The lowest BCUT2D eigenvalue weighted by Crippen LogP contribution is -2.28. The molecule has 1 aromatic carbocycles. The van der Waals surface area contributed by atoms with Crippen molar-refractivity contribution in [3.63, 3.8) is 0 Å². The smallest absolute Gasteiger partial charge is 0.336 e. The van der Waals surface area contributed by atoms with Crippen molar-refractivity contribution in [2.45, 2.75) is 12.8 Å². The third-order valence-corrected chi connectivity index (χ3v) is 4.24. The van der Waals surface area contributed by atoms with E-state index in [0.29, 0.717) is 34.0 Å². The first-order chi connectivity index (χ1) is 12.0. The highest BCUT2D eigenvalue weighted by molar-refractivity contribution is 6.32. The number of hydrogen-bond acceptors (Lipinski definition) is 6. The maximum Gasteiger partial charge on any atom is 0.336 e. The molecular formula is C18H20ClNO5. The van der Waals surface area contributed by atoms with E-state index in [1.54, 1.807) is 35.5 Å². The molecule has 1 aliphatic heterocycles. The summed E-state index contributed by atoms with van der Waals surface area (Å²) in [5, 5.41) is 0.381. The zero-order chi connectivity index (χ0) is 18.6. The van der Waals surface area contributed by atoms with Gasteiger partial charge in [0.1, 0.15) is 5.75 Å². The Morgan fingerprint density at radius 3 is 2.04 bits per heavy atom. The second-order valence-corrected chi connectivity index (χ2v) is 5.72. The molecular weight excluding hydrogens is 346 g/mol. The first-order valence-electron chi connectivity index (χ1n) is 7.66. The predicted molar refractivity (Wildman–Crippen MR) is 93.3 cm³/mol. The maximum absolute atomic E-state index is 12.3. The molecule has 0 spiro atoms. The molecule has 0 unspecified atom stereocenters. The van der Waals surface area contributed by atoms with E-state index in [-0.39, 0.29) is 0 Å². The van der Waals surface area contributed by atoms with Crippen LogP contribution in [-0.4, -0.2) is 44.7 Å². The molecule has 1 heterocycles. The number of carbonyl (C=O) groups excluding carboxylic acids is 2. The van der Waals surface area contributed by atoms with Crippen LogP contribution in [0.25, 0.3) is 0 Å². The molecule has 0 amide bonds. The van der Waals surface area contributed by atoms with Crippen molar-refractivity contribution in [3.05, 3.63) is 52.3 Å². The number of carbonyl (C=O) groups is 2. The molecule has 0 aliphatic carbocycles. The number of methoxy groups -OCH3 is 3. The SMILES string of the molecule is CCN1C=C(C(=O)OC)C(c2ccc(OC)c(Cl)c2)C(C(=O)OC)=C1. The second kappa shape index (κ2) is 8.07. The summed E-state index contributed by atoms with van der Waals surface area (Å²) in [6, 6.07) is 5.11. The van der Waals surface area contributed by atoms with Gasteiger partial charge in [-0.15, -0.1) is 0 Å². The van der Waals surface area contributed by atoms with Gasteiger partial charge in [0.25, 0.3) is 0 Å². The maximum atomic E-state index is 12.3. The molecule has 7 heteroatoms. The van der Waals surface area contributed by atoms with E-state index in [2.05, 4.69) is 0 Å². The fraction of sp³-hybridized carbons (Fsp3) is 0.333. The lowest BCUT2D eigenvalue weighted by atomic mass is 9.83. The molecule has 0 N–H and O–H groups in total. The van der Waals surface area contributed by atoms with Crippen molar-refractivity contribution < 1.29 is 23.8 Å². The fourth-order valence-electron chi connectivity index (χ4n) is 2.69. The van der Waals surface area contributed by atoms with E-state index >= 15 is 0 Å². The molecule has 1 aliphatic rings. The quantitative estimate of drug-likeness (QED) is 0.747. The van der Waals surface area contributed by atoms with Gasteiger partial charge in [-0.05, 0) is 24.6 Å². The van der Waals surface area contributed by atoms with Crippen LogP contribution < -0.4 is 4.74 Å². The summed E-state index contributed by atoms with van der Waals surface area (Å²) in [5.74, 6) is -1.19. The molecule has 0 fully saturated rings. The summed E-state index contributed by atoms with van der Waals surface area (Å²) in [6.07, 6.45) is 3.34. The first-order valence-corrected chi connectivity index (χ1v) is 8.03. The average molecular weight is 366 g/mol. The van der Waals surface area contributed by atoms with E-state index in [1.165, 1.54) is 21.3 Å². The van der Waals surface area contributed by atoms with Crippen LogP contribution in [0.4, 0.5) is 0 Å². The number of halogens is 1. The summed E-state index contributed by atoms with van der Waals surface area (Å²) in [6.45, 7) is 2.48. The Morgan fingerprint density at radius 1 is 1.08 bits per heavy atom. The van der Waals surface area contributed by atoms with E-state index in [0.717, 1.165) is 0 Å². The molecule has 0 radical (unpaired) electrons. The van der Waals surface area contributed by atoms with E-state index < -0.39 is 17.9 Å². The Hall–Kier alpha value is -2.47. The van der Waals surface area contributed by atoms with Crippen LogP contribution >= 0.6 is 11.6 Å². The molecule has 0 aromatic heterocycles. The molecule has 0 saturated heterocycles. The molecule has 0 bridgehead atoms. The van der Waals surface area contributed by atoms with E-state index in [4.69, 9.17) is 25.8 Å². The Bertz CT molecular complexity index is 707. The number of nitrogens with zero attached hydrogens (tertiary/aromatic N) is 1. The number of hydrogen-bond donors (Lipinski definition) is 0. The van der Waals surface area contributed by atoms with Crippen LogP contribution in [0, 0.1) is 0 Å². The predicted octanol–water partition coefficient (Wildman–Crippen LogP) is 2.88. The largest absolute Gasteiger partial charge is 0.495 e. The molecule has 6 nitrogen and oxygen atoms in total. The van der Waals surface area contributed by atoms with E-state index in [1.807, 2.05) is 6.92 Å². The minimum Gasteiger partial charge on any atom is -0.495 e. The van der Waals surface area contributed by atoms with Crippen molar-refractivity contribution in [3.8, 4) is 5.75 Å². The van der Waals surface area contributed by atoms with Gasteiger partial charge in [0.2, 0.25) is 0 Å². The van der Waals surface area contributed by atoms with E-state index in [9.17, 15) is 9.59 Å². The normalized spacial score (nSPS) is 14.5. The van der Waals surface area contributed by atoms with Gasteiger partial charge in [-0.3, -0.25) is 0 Å². The van der Waals surface area contributed by atoms with Gasteiger partial charge in [0, 0.05) is 18.9 Å². The third kappa shape index (κ3) is 3.79. The summed E-state index contributed by atoms with van der Waals surface area (Å²) in [7, 11) is 4.11. The summed E-state index contributed by atoms with van der Waals surface area (Å²) in [5.41, 5.74) is 1.32. The minimum atomic E-state index is -0.647. The van der Waals surface area contributed by atoms with Gasteiger partial charge in [0.05, 0.1) is 43.4 Å². The highest BCUT2D eigenvalue weighted by Crippen LogP contribution is 2.39. The molecule has 25 heavy (non-hydrogen) atoms. The summed E-state index contributed by atoms with van der Waals surface area (Å²) >= 11 is 6.22. The summed E-state index contributed by atoms with van der Waals surface area (Å²) in [4.78, 5) is 26.4. The Labute approximate surface area is 151 Å². The van der Waals surface area contributed by atoms with Crippen molar-refractivity contribution in [1.29, 1.82) is 0 Å². The Kier molecular flexibility index (Phi) is 6.09. The van der Waals surface area contributed by atoms with Gasteiger partial charge in [-0.1, -0.05) is 17.7 Å². The van der Waals surface area contributed by atoms with Crippen molar-refractivity contribution >= 4 is 23.5 Å². The highest BCUT2D eigenvalue weighted by atomic mass is 35.5. The number of benzene rings is 1. The Balaban J connectivity index is 2.61. The number of rotatable bonds is 5. The highest BCUT2D eigenvalue weighted by Gasteiger charge is 2.35. The first kappa shape index (κ1) is 18.9. The van der Waals surface area contributed by atoms with Gasteiger partial charge in [0.15, 0.2) is 0 Å². The molecule has 0 atom stereocenters. The molecule has 0 saturated carbocycles. The van der Waals surface area contributed by atoms with Crippen LogP contribution in [0.2, 0.25) is 5.02 Å².